The summed E-state index contributed by atoms with van der Waals surface area (Å²) >= 11 is 6.01. The number of halogens is 1. The van der Waals surface area contributed by atoms with Crippen molar-refractivity contribution >= 4 is 34.7 Å². The molecule has 0 amide bonds. The van der Waals surface area contributed by atoms with Gasteiger partial charge in [-0.2, -0.15) is 4.98 Å². The SMILES string of the molecule is COc1ccc(C2=CN=C(C3CN(c4cc(Cl)nc(N)n4)CCO3)C2)cc1. The Bertz CT molecular complexity index is 877. The Kier molecular flexibility index (Phi) is 4.96. The molecule has 0 radical (unpaired) electrons. The lowest BCUT2D eigenvalue weighted by Crippen LogP contribution is -2.46. The molecule has 0 aliphatic carbocycles. The van der Waals surface area contributed by atoms with Gasteiger partial charge in [0.1, 0.15) is 22.8 Å². The van der Waals surface area contributed by atoms with Crippen LogP contribution in [0.15, 0.2) is 41.5 Å². The summed E-state index contributed by atoms with van der Waals surface area (Å²) in [5, 5.41) is 0.335. The first kappa shape index (κ1) is 17.8. The van der Waals surface area contributed by atoms with E-state index in [0.29, 0.717) is 24.1 Å². The summed E-state index contributed by atoms with van der Waals surface area (Å²) in [4.78, 5) is 14.9. The van der Waals surface area contributed by atoms with Gasteiger partial charge in [-0.05, 0) is 23.3 Å². The van der Waals surface area contributed by atoms with Crippen LogP contribution in [0, 0.1) is 0 Å². The van der Waals surface area contributed by atoms with E-state index in [9.17, 15) is 0 Å². The third kappa shape index (κ3) is 3.89. The van der Waals surface area contributed by atoms with Crippen LogP contribution in [0.5, 0.6) is 5.75 Å². The molecule has 2 aliphatic rings. The van der Waals surface area contributed by atoms with Crippen LogP contribution in [0.4, 0.5) is 11.8 Å². The zero-order valence-corrected chi connectivity index (χ0v) is 15.7. The molecule has 7 nitrogen and oxygen atoms in total. The van der Waals surface area contributed by atoms with Crippen molar-refractivity contribution in [2.75, 3.05) is 37.4 Å². The lowest BCUT2D eigenvalue weighted by atomic mass is 10.00. The molecular formula is C19H20ClN5O2. The molecular weight excluding hydrogens is 366 g/mol. The van der Waals surface area contributed by atoms with E-state index in [1.54, 1.807) is 13.2 Å². The number of nitrogens with two attached hydrogens (primary N) is 1. The van der Waals surface area contributed by atoms with Gasteiger partial charge in [-0.25, -0.2) is 4.98 Å². The highest BCUT2D eigenvalue weighted by Crippen LogP contribution is 2.28. The summed E-state index contributed by atoms with van der Waals surface area (Å²) in [6, 6.07) is 9.72. The van der Waals surface area contributed by atoms with E-state index in [1.165, 1.54) is 5.57 Å². The van der Waals surface area contributed by atoms with Crippen LogP contribution >= 0.6 is 11.6 Å². The standard InChI is InChI=1S/C19H20ClN5O2/c1-26-14-4-2-12(3-5-14)13-8-15(22-10-13)16-11-25(6-7-27-16)18-9-17(20)23-19(21)24-18/h2-5,9-10,16H,6-8,11H2,1H3,(H2,21,23,24). The molecule has 0 spiro atoms. The van der Waals surface area contributed by atoms with Gasteiger partial charge in [0.15, 0.2) is 0 Å². The van der Waals surface area contributed by atoms with Gasteiger partial charge >= 0.3 is 0 Å². The van der Waals surface area contributed by atoms with Crippen LogP contribution in [-0.2, 0) is 4.74 Å². The number of rotatable bonds is 4. The third-order valence-corrected chi connectivity index (χ3v) is 4.87. The maximum atomic E-state index is 6.01. The first-order valence-corrected chi connectivity index (χ1v) is 9.07. The highest BCUT2D eigenvalue weighted by atomic mass is 35.5. The zero-order chi connectivity index (χ0) is 18.8. The van der Waals surface area contributed by atoms with E-state index in [2.05, 4.69) is 19.9 Å². The third-order valence-electron chi connectivity index (χ3n) is 4.68. The zero-order valence-electron chi connectivity index (χ0n) is 14.9. The van der Waals surface area contributed by atoms with Crippen molar-refractivity contribution in [3.8, 4) is 5.75 Å². The van der Waals surface area contributed by atoms with Crippen LogP contribution < -0.4 is 15.4 Å². The van der Waals surface area contributed by atoms with E-state index < -0.39 is 0 Å². The number of allylic oxidation sites excluding steroid dienone is 1. The summed E-state index contributed by atoms with van der Waals surface area (Å²) in [7, 11) is 1.66. The predicted octanol–water partition coefficient (Wildman–Crippen LogP) is 2.81. The van der Waals surface area contributed by atoms with Crippen molar-refractivity contribution < 1.29 is 9.47 Å². The summed E-state index contributed by atoms with van der Waals surface area (Å²) in [6.07, 6.45) is 2.58. The Morgan fingerprint density at radius 1 is 1.26 bits per heavy atom. The molecule has 3 heterocycles. The van der Waals surface area contributed by atoms with E-state index in [1.807, 2.05) is 30.5 Å². The average Bonchev–Trinajstić information content (AvgIpc) is 3.18. The largest absolute Gasteiger partial charge is 0.497 e. The van der Waals surface area contributed by atoms with Gasteiger partial charge in [-0.1, -0.05) is 23.7 Å². The quantitative estimate of drug-likeness (QED) is 0.814. The fourth-order valence-corrected chi connectivity index (χ4v) is 3.45. The summed E-state index contributed by atoms with van der Waals surface area (Å²) in [6.45, 7) is 1.95. The fraction of sp³-hybridized carbons (Fsp3) is 0.316. The molecule has 1 aromatic heterocycles. The van der Waals surface area contributed by atoms with Crippen molar-refractivity contribution in [3.63, 3.8) is 0 Å². The second-order valence-corrected chi connectivity index (χ2v) is 6.78. The van der Waals surface area contributed by atoms with Crippen molar-refractivity contribution in [3.05, 3.63) is 47.2 Å². The van der Waals surface area contributed by atoms with Crippen LogP contribution in [0.25, 0.3) is 5.57 Å². The lowest BCUT2D eigenvalue weighted by molar-refractivity contribution is 0.0829. The number of nitrogen functional groups attached to an aromatic ring is 1. The first-order chi connectivity index (χ1) is 13.1. The maximum Gasteiger partial charge on any atom is 0.223 e. The van der Waals surface area contributed by atoms with E-state index in [4.69, 9.17) is 26.8 Å². The number of nitrogens with zero attached hydrogens (tertiary/aromatic N) is 4. The van der Waals surface area contributed by atoms with E-state index in [0.717, 1.165) is 30.0 Å². The molecule has 2 aliphatic heterocycles. The number of hydrogen-bond acceptors (Lipinski definition) is 7. The van der Waals surface area contributed by atoms with Crippen LogP contribution in [-0.4, -0.2) is 48.6 Å². The molecule has 0 saturated carbocycles. The topological polar surface area (TPSA) is 85.9 Å². The number of methoxy groups -OCH3 is 1. The Morgan fingerprint density at radius 2 is 2.07 bits per heavy atom. The first-order valence-electron chi connectivity index (χ1n) is 8.69. The number of hydrogen-bond donors (Lipinski definition) is 1. The molecule has 8 heteroatoms. The lowest BCUT2D eigenvalue weighted by Gasteiger charge is -2.34. The van der Waals surface area contributed by atoms with Gasteiger partial charge in [0, 0.05) is 25.2 Å². The predicted molar refractivity (Wildman–Crippen MR) is 106 cm³/mol. The van der Waals surface area contributed by atoms with Crippen molar-refractivity contribution in [2.24, 2.45) is 4.99 Å². The minimum absolute atomic E-state index is 0.0966. The van der Waals surface area contributed by atoms with Crippen LogP contribution in [0.3, 0.4) is 0 Å². The monoisotopic (exact) mass is 385 g/mol. The Hall–Kier alpha value is -2.64. The van der Waals surface area contributed by atoms with Crippen molar-refractivity contribution in [2.45, 2.75) is 12.5 Å². The smallest absolute Gasteiger partial charge is 0.223 e. The molecule has 1 saturated heterocycles. The number of anilines is 2. The van der Waals surface area contributed by atoms with Gasteiger partial charge in [0.2, 0.25) is 5.95 Å². The fourth-order valence-electron chi connectivity index (χ4n) is 3.27. The minimum atomic E-state index is -0.0966. The second kappa shape index (κ2) is 7.54. The number of morpholine rings is 1. The van der Waals surface area contributed by atoms with Crippen molar-refractivity contribution in [1.29, 1.82) is 0 Å². The van der Waals surface area contributed by atoms with Gasteiger partial charge in [0.05, 0.1) is 26.0 Å². The average molecular weight is 386 g/mol. The molecule has 4 rings (SSSR count). The van der Waals surface area contributed by atoms with Gasteiger partial charge in [0.25, 0.3) is 0 Å². The Balaban J connectivity index is 1.43. The molecule has 1 fully saturated rings. The van der Waals surface area contributed by atoms with E-state index >= 15 is 0 Å². The highest BCUT2D eigenvalue weighted by Gasteiger charge is 2.28. The minimum Gasteiger partial charge on any atom is -0.497 e. The van der Waals surface area contributed by atoms with Crippen LogP contribution in [0.1, 0.15) is 12.0 Å². The molecule has 140 valence electrons. The normalized spacial score (nSPS) is 19.6. The molecule has 2 aromatic rings. The summed E-state index contributed by atoms with van der Waals surface area (Å²) in [5.41, 5.74) is 9.04. The van der Waals surface area contributed by atoms with Crippen LogP contribution in [0.2, 0.25) is 5.15 Å². The van der Waals surface area contributed by atoms with Crippen molar-refractivity contribution in [1.82, 2.24) is 9.97 Å². The number of benzene rings is 1. The Labute approximate surface area is 162 Å². The number of ether oxygens (including phenoxy) is 2. The highest BCUT2D eigenvalue weighted by molar-refractivity contribution is 6.29. The molecule has 1 atom stereocenters. The van der Waals surface area contributed by atoms with Gasteiger partial charge in [-0.3, -0.25) is 4.99 Å². The van der Waals surface area contributed by atoms with Gasteiger partial charge in [-0.15, -0.1) is 0 Å². The summed E-state index contributed by atoms with van der Waals surface area (Å²) < 4.78 is 11.2. The van der Waals surface area contributed by atoms with Gasteiger partial charge < -0.3 is 20.1 Å². The molecule has 0 bridgehead atoms. The molecule has 2 N–H and O–H groups in total. The second-order valence-electron chi connectivity index (χ2n) is 6.39. The molecule has 1 unspecified atom stereocenters. The maximum absolute atomic E-state index is 6.01. The van der Waals surface area contributed by atoms with E-state index in [-0.39, 0.29) is 12.1 Å². The molecule has 27 heavy (non-hydrogen) atoms. The number of aromatic nitrogens is 2. The Morgan fingerprint density at radius 3 is 2.81 bits per heavy atom. The number of aliphatic imine (C=N–C) groups is 1. The molecule has 1 aromatic carbocycles. The summed E-state index contributed by atoms with van der Waals surface area (Å²) in [5.74, 6) is 1.72.